The summed E-state index contributed by atoms with van der Waals surface area (Å²) >= 11 is 0. The highest BCUT2D eigenvalue weighted by Crippen LogP contribution is 2.16. The second kappa shape index (κ2) is 9.55. The third kappa shape index (κ3) is 4.59. The molecule has 1 heterocycles. The largest absolute Gasteiger partial charge is 0.497 e. The fourth-order valence-corrected chi connectivity index (χ4v) is 3.42. The van der Waals surface area contributed by atoms with Crippen LogP contribution >= 0.6 is 0 Å². The summed E-state index contributed by atoms with van der Waals surface area (Å²) in [6.45, 7) is 5.42. The molecule has 0 bridgehead atoms. The normalized spacial score (nSPS) is 11.8. The van der Waals surface area contributed by atoms with E-state index >= 15 is 0 Å². The van der Waals surface area contributed by atoms with Crippen LogP contribution < -0.4 is 20.9 Å². The van der Waals surface area contributed by atoms with Gasteiger partial charge in [-0.3, -0.25) is 19.1 Å². The number of hydrogen-bond acceptors (Lipinski definition) is 4. The minimum atomic E-state index is -0.825. The molecule has 3 aromatic rings. The summed E-state index contributed by atoms with van der Waals surface area (Å²) in [4.78, 5) is 38.8. The van der Waals surface area contributed by atoms with Crippen LogP contribution in [-0.4, -0.2) is 34.3 Å². The Morgan fingerprint density at radius 2 is 1.62 bits per heavy atom. The molecule has 1 unspecified atom stereocenters. The van der Waals surface area contributed by atoms with E-state index in [-0.39, 0.29) is 23.1 Å². The fraction of sp³-hybridized carbons (Fsp3) is 0.292. The predicted octanol–water partition coefficient (Wildman–Crippen LogP) is 2.89. The summed E-state index contributed by atoms with van der Waals surface area (Å²) in [5, 5.41) is 5.51. The van der Waals surface area contributed by atoms with E-state index in [9.17, 15) is 14.4 Å². The van der Waals surface area contributed by atoms with Gasteiger partial charge in [-0.1, -0.05) is 32.0 Å². The molecule has 2 N–H and O–H groups in total. The summed E-state index contributed by atoms with van der Waals surface area (Å²) in [5.74, 6) is -0.396. The quantitative estimate of drug-likeness (QED) is 0.596. The summed E-state index contributed by atoms with van der Waals surface area (Å²) in [6, 6.07) is 15.0. The number of para-hydroxylation sites is 1. The molecular weight excluding hydrogens is 408 g/mol. The van der Waals surface area contributed by atoms with E-state index in [2.05, 4.69) is 10.6 Å². The van der Waals surface area contributed by atoms with E-state index in [4.69, 9.17) is 4.74 Å². The summed E-state index contributed by atoms with van der Waals surface area (Å²) in [6.07, 6.45) is 0. The van der Waals surface area contributed by atoms with Crippen molar-refractivity contribution in [3.63, 3.8) is 0 Å². The average molecular weight is 437 g/mol. The number of amides is 2. The molecule has 0 radical (unpaired) electrons. The molecule has 2 amide bonds. The van der Waals surface area contributed by atoms with Gasteiger partial charge in [0.25, 0.3) is 11.5 Å². The second-order valence-corrected chi connectivity index (χ2v) is 7.85. The first-order valence-electron chi connectivity index (χ1n) is 10.3. The van der Waals surface area contributed by atoms with Gasteiger partial charge >= 0.3 is 0 Å². The van der Waals surface area contributed by atoms with Gasteiger partial charge in [0.1, 0.15) is 17.5 Å². The van der Waals surface area contributed by atoms with Gasteiger partial charge in [0.05, 0.1) is 18.5 Å². The third-order valence-corrected chi connectivity index (χ3v) is 5.39. The minimum absolute atomic E-state index is 0.186. The van der Waals surface area contributed by atoms with Gasteiger partial charge in [-0.2, -0.15) is 0 Å². The zero-order valence-corrected chi connectivity index (χ0v) is 18.9. The fourth-order valence-electron chi connectivity index (χ4n) is 3.42. The van der Waals surface area contributed by atoms with Crippen molar-refractivity contribution in [1.29, 1.82) is 0 Å². The van der Waals surface area contributed by atoms with Crippen LogP contribution in [0.25, 0.3) is 5.69 Å². The first-order chi connectivity index (χ1) is 15.2. The molecular formula is C24H28N4O4. The van der Waals surface area contributed by atoms with Crippen LogP contribution in [0.3, 0.4) is 0 Å². The van der Waals surface area contributed by atoms with Gasteiger partial charge in [-0.05, 0) is 49.2 Å². The van der Waals surface area contributed by atoms with Crippen LogP contribution in [-0.2, 0) is 11.8 Å². The van der Waals surface area contributed by atoms with Crippen molar-refractivity contribution in [3.8, 4) is 11.4 Å². The standard InChI is InChI=1S/C24H28N4O4/c1-15(2)20(25-22(29)17-11-13-19(32-5)14-12-17)23(30)26-21-16(3)27(4)28(24(21)31)18-9-7-6-8-10-18/h6-15,20H,1-5H3,(H,25,29)(H,26,30). The molecule has 0 saturated heterocycles. The Kier molecular flexibility index (Phi) is 6.82. The first-order valence-corrected chi connectivity index (χ1v) is 10.3. The number of methoxy groups -OCH3 is 1. The highest BCUT2D eigenvalue weighted by Gasteiger charge is 2.27. The Morgan fingerprint density at radius 3 is 2.19 bits per heavy atom. The molecule has 0 fully saturated rings. The number of aromatic nitrogens is 2. The highest BCUT2D eigenvalue weighted by atomic mass is 16.5. The van der Waals surface area contributed by atoms with E-state index in [1.54, 1.807) is 50.0 Å². The number of ether oxygens (including phenoxy) is 1. The Labute approximate surface area is 186 Å². The summed E-state index contributed by atoms with van der Waals surface area (Å²) in [7, 11) is 3.30. The van der Waals surface area contributed by atoms with Gasteiger partial charge in [-0.15, -0.1) is 0 Å². The Balaban J connectivity index is 1.84. The van der Waals surface area contributed by atoms with Gasteiger partial charge in [-0.25, -0.2) is 4.68 Å². The number of hydrogen-bond donors (Lipinski definition) is 2. The first kappa shape index (κ1) is 22.9. The van der Waals surface area contributed by atoms with Gasteiger partial charge in [0.15, 0.2) is 0 Å². The molecule has 0 aliphatic carbocycles. The Morgan fingerprint density at radius 1 is 1.00 bits per heavy atom. The van der Waals surface area contributed by atoms with Crippen molar-refractivity contribution >= 4 is 17.5 Å². The molecule has 0 aliphatic heterocycles. The second-order valence-electron chi connectivity index (χ2n) is 7.85. The lowest BCUT2D eigenvalue weighted by Crippen LogP contribution is -2.47. The molecule has 8 heteroatoms. The number of rotatable bonds is 7. The number of carbonyl (C=O) groups excluding carboxylic acids is 2. The van der Waals surface area contributed by atoms with Crippen LogP contribution in [0.15, 0.2) is 59.4 Å². The van der Waals surface area contributed by atoms with E-state index in [0.29, 0.717) is 22.7 Å². The topological polar surface area (TPSA) is 94.4 Å². The van der Waals surface area contributed by atoms with Crippen LogP contribution in [0.1, 0.15) is 29.9 Å². The summed E-state index contributed by atoms with van der Waals surface area (Å²) in [5.41, 5.74) is 1.55. The summed E-state index contributed by atoms with van der Waals surface area (Å²) < 4.78 is 8.29. The van der Waals surface area contributed by atoms with Crippen LogP contribution in [0.4, 0.5) is 5.69 Å². The molecule has 0 spiro atoms. The number of anilines is 1. The third-order valence-electron chi connectivity index (χ3n) is 5.39. The molecule has 3 rings (SSSR count). The SMILES string of the molecule is COc1ccc(C(=O)NC(C(=O)Nc2c(C)n(C)n(-c3ccccc3)c2=O)C(C)C)cc1. The molecule has 0 aliphatic rings. The van der Waals surface area contributed by atoms with Crippen LogP contribution in [0, 0.1) is 12.8 Å². The minimum Gasteiger partial charge on any atom is -0.497 e. The van der Waals surface area contributed by atoms with Crippen molar-refractivity contribution in [2.45, 2.75) is 26.8 Å². The lowest BCUT2D eigenvalue weighted by molar-refractivity contribution is -0.118. The predicted molar refractivity (Wildman–Crippen MR) is 123 cm³/mol. The van der Waals surface area contributed by atoms with Gasteiger partial charge < -0.3 is 15.4 Å². The maximum atomic E-state index is 13.1. The molecule has 32 heavy (non-hydrogen) atoms. The lowest BCUT2D eigenvalue weighted by Gasteiger charge is -2.21. The number of nitrogens with zero attached hydrogens (tertiary/aromatic N) is 2. The van der Waals surface area contributed by atoms with Crippen molar-refractivity contribution < 1.29 is 14.3 Å². The smallest absolute Gasteiger partial charge is 0.295 e. The molecule has 1 aromatic heterocycles. The zero-order chi connectivity index (χ0) is 23.4. The molecule has 8 nitrogen and oxygen atoms in total. The van der Waals surface area contributed by atoms with Crippen molar-refractivity contribution in [2.24, 2.45) is 13.0 Å². The van der Waals surface area contributed by atoms with Crippen LogP contribution in [0.5, 0.6) is 5.75 Å². The lowest BCUT2D eigenvalue weighted by atomic mass is 10.0. The maximum absolute atomic E-state index is 13.1. The molecule has 1 atom stereocenters. The van der Waals surface area contributed by atoms with Crippen molar-refractivity contribution in [3.05, 3.63) is 76.2 Å². The Hall–Kier alpha value is -3.81. The number of nitrogens with one attached hydrogen (secondary N) is 2. The van der Waals surface area contributed by atoms with E-state index in [0.717, 1.165) is 0 Å². The highest BCUT2D eigenvalue weighted by molar-refractivity contribution is 6.01. The van der Waals surface area contributed by atoms with Gasteiger partial charge in [0, 0.05) is 12.6 Å². The van der Waals surface area contributed by atoms with Crippen LogP contribution in [0.2, 0.25) is 0 Å². The number of carbonyl (C=O) groups is 2. The monoisotopic (exact) mass is 436 g/mol. The van der Waals surface area contributed by atoms with E-state index in [1.165, 1.54) is 4.68 Å². The van der Waals surface area contributed by atoms with Crippen molar-refractivity contribution in [1.82, 2.24) is 14.7 Å². The van der Waals surface area contributed by atoms with Crippen molar-refractivity contribution in [2.75, 3.05) is 12.4 Å². The maximum Gasteiger partial charge on any atom is 0.295 e. The molecule has 2 aromatic carbocycles. The van der Waals surface area contributed by atoms with E-state index < -0.39 is 11.9 Å². The molecule has 0 saturated carbocycles. The number of benzene rings is 2. The van der Waals surface area contributed by atoms with Gasteiger partial charge in [0.2, 0.25) is 5.91 Å². The molecule has 168 valence electrons. The Bertz CT molecular complexity index is 1160. The van der Waals surface area contributed by atoms with E-state index in [1.807, 2.05) is 44.2 Å². The zero-order valence-electron chi connectivity index (χ0n) is 18.9. The average Bonchev–Trinajstić information content (AvgIpc) is 3.00.